The van der Waals surface area contributed by atoms with Gasteiger partial charge in [0.05, 0.1) is 14.2 Å². The number of fused-ring (bicyclic) bond motifs is 2. The molecule has 4 aliphatic rings. The maximum atomic E-state index is 14.4. The summed E-state index contributed by atoms with van der Waals surface area (Å²) in [7, 11) is 2.66. The summed E-state index contributed by atoms with van der Waals surface area (Å²) >= 11 is 0. The van der Waals surface area contributed by atoms with Crippen LogP contribution in [0.4, 0.5) is 0 Å². The van der Waals surface area contributed by atoms with E-state index in [0.717, 1.165) is 30.4 Å². The van der Waals surface area contributed by atoms with Crippen molar-refractivity contribution < 1.29 is 38.2 Å². The molecule has 0 spiro atoms. The molecule has 0 saturated carbocycles. The number of esters is 2. The number of nitrogens with one attached hydrogen (secondary N) is 1. The van der Waals surface area contributed by atoms with Gasteiger partial charge in [-0.2, -0.15) is 0 Å². The molecule has 302 valence electrons. The van der Waals surface area contributed by atoms with Crippen LogP contribution in [0.15, 0.2) is 60.7 Å². The van der Waals surface area contributed by atoms with E-state index in [1.807, 2.05) is 70.7 Å². The lowest BCUT2D eigenvalue weighted by molar-refractivity contribution is -0.177. The van der Waals surface area contributed by atoms with Gasteiger partial charge in [-0.3, -0.25) is 29.2 Å². The fourth-order valence-corrected chi connectivity index (χ4v) is 9.04. The molecular formula is C43H57N5O8. The third kappa shape index (κ3) is 9.84. The molecule has 0 unspecified atom stereocenters. The fourth-order valence-electron chi connectivity index (χ4n) is 9.04. The number of ketones is 1. The van der Waals surface area contributed by atoms with Crippen LogP contribution < -0.4 is 5.32 Å². The summed E-state index contributed by atoms with van der Waals surface area (Å²) < 4.78 is 10.1. The van der Waals surface area contributed by atoms with Gasteiger partial charge in [0.25, 0.3) is 5.91 Å². The first-order valence-electron chi connectivity index (χ1n) is 20.4. The minimum Gasteiger partial charge on any atom is -0.467 e. The van der Waals surface area contributed by atoms with E-state index >= 15 is 0 Å². The van der Waals surface area contributed by atoms with Gasteiger partial charge in [0.2, 0.25) is 11.8 Å². The molecule has 2 aromatic rings. The zero-order valence-electron chi connectivity index (χ0n) is 32.8. The van der Waals surface area contributed by atoms with E-state index in [-0.39, 0.29) is 29.9 Å². The van der Waals surface area contributed by atoms with Crippen molar-refractivity contribution in [3.63, 3.8) is 0 Å². The number of ether oxygens (including phenoxy) is 2. The predicted molar refractivity (Wildman–Crippen MR) is 207 cm³/mol. The second-order valence-electron chi connectivity index (χ2n) is 15.7. The monoisotopic (exact) mass is 771 g/mol. The number of rotatable bonds is 14. The third-order valence-corrected chi connectivity index (χ3v) is 12.0. The van der Waals surface area contributed by atoms with Crippen LogP contribution in [-0.4, -0.2) is 114 Å². The van der Waals surface area contributed by atoms with Gasteiger partial charge in [0, 0.05) is 50.4 Å². The molecule has 4 aliphatic heterocycles. The van der Waals surface area contributed by atoms with E-state index in [4.69, 9.17) is 9.47 Å². The summed E-state index contributed by atoms with van der Waals surface area (Å²) in [6.07, 6.45) is 6.67. The molecule has 0 radical (unpaired) electrons. The average molecular weight is 772 g/mol. The van der Waals surface area contributed by atoms with Gasteiger partial charge < -0.3 is 14.8 Å². The minimum atomic E-state index is -0.804. The van der Waals surface area contributed by atoms with Crippen molar-refractivity contribution in [3.05, 3.63) is 71.8 Å². The lowest BCUT2D eigenvalue weighted by atomic mass is 9.82. The lowest BCUT2D eigenvalue weighted by Gasteiger charge is -2.42. The Morgan fingerprint density at radius 3 is 1.64 bits per heavy atom. The number of nitrogens with zero attached hydrogens (tertiary/aromatic N) is 4. The van der Waals surface area contributed by atoms with Crippen LogP contribution in [0.5, 0.6) is 0 Å². The van der Waals surface area contributed by atoms with Gasteiger partial charge in [-0.25, -0.2) is 19.6 Å². The maximum Gasteiger partial charge on any atom is 0.330 e. The van der Waals surface area contributed by atoms with Gasteiger partial charge in [0.15, 0.2) is 0 Å². The number of benzene rings is 2. The quantitative estimate of drug-likeness (QED) is 0.281. The number of hydrogen-bond acceptors (Lipinski definition) is 10. The number of hydrogen-bond donors (Lipinski definition) is 1. The maximum absolute atomic E-state index is 14.4. The van der Waals surface area contributed by atoms with E-state index < -0.39 is 47.8 Å². The van der Waals surface area contributed by atoms with Gasteiger partial charge in [-0.1, -0.05) is 60.7 Å². The highest BCUT2D eigenvalue weighted by Crippen LogP contribution is 2.32. The van der Waals surface area contributed by atoms with E-state index in [2.05, 4.69) is 5.32 Å². The molecule has 0 bridgehead atoms. The highest BCUT2D eigenvalue weighted by Gasteiger charge is 2.44. The van der Waals surface area contributed by atoms with Crippen molar-refractivity contribution in [2.75, 3.05) is 40.4 Å². The number of carbonyl (C=O) groups excluding carboxylic acids is 6. The molecule has 13 nitrogen and oxygen atoms in total. The summed E-state index contributed by atoms with van der Waals surface area (Å²) in [5.41, 5.74) is 1.96. The molecule has 6 rings (SSSR count). The topological polar surface area (TPSA) is 146 Å². The van der Waals surface area contributed by atoms with Crippen molar-refractivity contribution in [1.82, 2.24) is 25.4 Å². The molecular weight excluding hydrogens is 714 g/mol. The molecule has 3 amide bonds. The van der Waals surface area contributed by atoms with Gasteiger partial charge >= 0.3 is 11.9 Å². The third-order valence-electron chi connectivity index (χ3n) is 12.0. The summed E-state index contributed by atoms with van der Waals surface area (Å²) in [6.45, 7) is 2.57. The van der Waals surface area contributed by atoms with Crippen LogP contribution >= 0.6 is 0 Å². The Morgan fingerprint density at radius 1 is 0.643 bits per heavy atom. The van der Waals surface area contributed by atoms with Crippen molar-refractivity contribution in [3.8, 4) is 0 Å². The van der Waals surface area contributed by atoms with Crippen LogP contribution in [0.1, 0.15) is 81.8 Å². The van der Waals surface area contributed by atoms with Crippen LogP contribution in [0.3, 0.4) is 0 Å². The number of methoxy groups -OCH3 is 2. The largest absolute Gasteiger partial charge is 0.467 e. The first-order chi connectivity index (χ1) is 27.2. The van der Waals surface area contributed by atoms with E-state index in [9.17, 15) is 28.8 Å². The first kappa shape index (κ1) is 41.0. The Balaban J connectivity index is 1.20. The molecule has 4 heterocycles. The SMILES string of the molecule is COC(=O)[C@@H]1CCCN2CCC[C@H](CC(=O)[C@H](CC[C@H](Cc3ccccc3)C(=O)N[C@H]3CCCN4CCC[C@@H](C(=O)OC)N4C3=O)Cc3ccccc3)C(=O)N12. The fraction of sp³-hybridized carbons (Fsp3) is 0.581. The number of Topliss-reactive ketones (excluding diaryl/α,β-unsaturated/α-hetero) is 1. The summed E-state index contributed by atoms with van der Waals surface area (Å²) in [6, 6.07) is 17.3. The van der Waals surface area contributed by atoms with Gasteiger partial charge in [-0.15, -0.1) is 0 Å². The van der Waals surface area contributed by atoms with Crippen molar-refractivity contribution >= 4 is 35.4 Å². The highest BCUT2D eigenvalue weighted by atomic mass is 16.5. The number of amides is 3. The van der Waals surface area contributed by atoms with Crippen LogP contribution in [0.25, 0.3) is 0 Å². The first-order valence-corrected chi connectivity index (χ1v) is 20.4. The number of hydrazine groups is 2. The second kappa shape index (κ2) is 19.5. The molecule has 4 fully saturated rings. The van der Waals surface area contributed by atoms with E-state index in [1.54, 1.807) is 5.01 Å². The average Bonchev–Trinajstić information content (AvgIpc) is 3.48. The summed E-state index contributed by atoms with van der Waals surface area (Å²) in [5, 5.41) is 10.0. The van der Waals surface area contributed by atoms with Crippen LogP contribution in [0.2, 0.25) is 0 Å². The summed E-state index contributed by atoms with van der Waals surface area (Å²) in [4.78, 5) is 82.4. The second-order valence-corrected chi connectivity index (χ2v) is 15.7. The molecule has 4 saturated heterocycles. The van der Waals surface area contributed by atoms with Gasteiger partial charge in [0.1, 0.15) is 23.9 Å². The van der Waals surface area contributed by atoms with E-state index in [1.165, 1.54) is 19.2 Å². The van der Waals surface area contributed by atoms with Crippen molar-refractivity contribution in [2.24, 2.45) is 17.8 Å². The van der Waals surface area contributed by atoms with Crippen LogP contribution in [0, 0.1) is 17.8 Å². The summed E-state index contributed by atoms with van der Waals surface area (Å²) in [5.74, 6) is -3.30. The smallest absolute Gasteiger partial charge is 0.330 e. The predicted octanol–water partition coefficient (Wildman–Crippen LogP) is 3.89. The minimum absolute atomic E-state index is 0.0378. The highest BCUT2D eigenvalue weighted by molar-refractivity contribution is 5.92. The zero-order valence-corrected chi connectivity index (χ0v) is 32.8. The Morgan fingerprint density at radius 2 is 1.11 bits per heavy atom. The molecule has 56 heavy (non-hydrogen) atoms. The Hall–Kier alpha value is -4.62. The Kier molecular flexibility index (Phi) is 14.3. The Bertz CT molecular complexity index is 1570. The van der Waals surface area contributed by atoms with E-state index in [0.29, 0.717) is 84.0 Å². The zero-order chi connectivity index (χ0) is 39.6. The molecule has 1 N–H and O–H groups in total. The molecule has 2 aromatic carbocycles. The standard InChI is InChI=1S/C43H57N5O8/c1-55-42(53)36-19-11-25-45-23-9-17-34(40(51)47(36)45)29-38(49)32(27-30-13-5-3-6-14-30)21-22-33(28-31-15-7-4-8-16-31)39(50)44-35-18-10-24-46-26-12-20-37(43(54)56-2)48(46)41(35)52/h3-8,13-16,32-37H,9-12,17-29H2,1-2H3,(H,44,50)/t32-,33-,34-,35+,36+,37+/m1/s1. The van der Waals surface area contributed by atoms with Gasteiger partial charge in [-0.05, 0) is 88.2 Å². The molecule has 0 aromatic heterocycles. The Labute approximate surface area is 330 Å². The molecule has 0 aliphatic carbocycles. The normalized spacial score (nSPS) is 24.5. The lowest BCUT2D eigenvalue weighted by Crippen LogP contribution is -2.61. The van der Waals surface area contributed by atoms with Crippen molar-refractivity contribution in [1.29, 1.82) is 0 Å². The molecule has 13 heteroatoms. The van der Waals surface area contributed by atoms with Crippen molar-refractivity contribution in [2.45, 2.75) is 102 Å². The number of carbonyl (C=O) groups is 6. The van der Waals surface area contributed by atoms with Crippen LogP contribution in [-0.2, 0) is 51.1 Å². The molecule has 6 atom stereocenters.